The van der Waals surface area contributed by atoms with Crippen molar-refractivity contribution < 1.29 is 23.1 Å². The molecule has 1 saturated heterocycles. The van der Waals surface area contributed by atoms with Crippen molar-refractivity contribution in [3.63, 3.8) is 0 Å². The zero-order valence-corrected chi connectivity index (χ0v) is 12.9. The van der Waals surface area contributed by atoms with Crippen LogP contribution in [0.5, 0.6) is 0 Å². The molecule has 23 heavy (non-hydrogen) atoms. The summed E-state index contributed by atoms with van der Waals surface area (Å²) in [6, 6.07) is 6.19. The zero-order chi connectivity index (χ0) is 17.0. The number of benzene rings is 1. The van der Waals surface area contributed by atoms with Gasteiger partial charge in [0.05, 0.1) is 35.3 Å². The first-order valence-electron chi connectivity index (χ1n) is 6.93. The van der Waals surface area contributed by atoms with Crippen LogP contribution in [-0.2, 0) is 11.0 Å². The number of nitriles is 1. The Morgan fingerprint density at radius 3 is 2.78 bits per heavy atom. The topological polar surface area (TPSA) is 64.3 Å². The molecule has 124 valence electrons. The van der Waals surface area contributed by atoms with E-state index in [1.54, 1.807) is 0 Å². The smallest absolute Gasteiger partial charge is 0.391 e. The quantitative estimate of drug-likeness (QED) is 0.853. The molecule has 0 radical (unpaired) electrons. The van der Waals surface area contributed by atoms with Crippen LogP contribution in [0.1, 0.15) is 23.6 Å². The van der Waals surface area contributed by atoms with Crippen molar-refractivity contribution in [2.45, 2.75) is 24.7 Å². The number of hydrogen-bond acceptors (Lipinski definition) is 4. The minimum Gasteiger partial charge on any atom is -0.391 e. The van der Waals surface area contributed by atoms with Crippen LogP contribution in [0.2, 0.25) is 0 Å². The molecule has 1 aliphatic rings. The SMILES string of the molecule is N#CCSCC(=O)N1C[C@H](O)C[C@H]1c1ccccc1C(F)(F)F. The summed E-state index contributed by atoms with van der Waals surface area (Å²) >= 11 is 1.10. The fourth-order valence-corrected chi connectivity index (χ4v) is 3.23. The van der Waals surface area contributed by atoms with Gasteiger partial charge in [0.25, 0.3) is 0 Å². The highest BCUT2D eigenvalue weighted by molar-refractivity contribution is 8.00. The van der Waals surface area contributed by atoms with E-state index < -0.39 is 23.9 Å². The molecule has 1 aromatic carbocycles. The van der Waals surface area contributed by atoms with E-state index in [1.165, 1.54) is 23.1 Å². The van der Waals surface area contributed by atoms with Gasteiger partial charge in [0.2, 0.25) is 5.91 Å². The maximum atomic E-state index is 13.2. The average molecular weight is 344 g/mol. The Balaban J connectivity index is 2.27. The summed E-state index contributed by atoms with van der Waals surface area (Å²) in [6.07, 6.45) is -5.30. The van der Waals surface area contributed by atoms with E-state index in [1.807, 2.05) is 6.07 Å². The zero-order valence-electron chi connectivity index (χ0n) is 12.1. The van der Waals surface area contributed by atoms with Crippen molar-refractivity contribution in [1.82, 2.24) is 4.90 Å². The Bertz CT molecular complexity index is 615. The van der Waals surface area contributed by atoms with Crippen LogP contribution in [0.4, 0.5) is 13.2 Å². The van der Waals surface area contributed by atoms with Crippen LogP contribution in [-0.4, -0.2) is 40.1 Å². The van der Waals surface area contributed by atoms with Crippen LogP contribution in [0.15, 0.2) is 24.3 Å². The highest BCUT2D eigenvalue weighted by Gasteiger charge is 2.41. The predicted molar refractivity (Wildman–Crippen MR) is 79.5 cm³/mol. The minimum atomic E-state index is -4.52. The van der Waals surface area contributed by atoms with Gasteiger partial charge in [-0.2, -0.15) is 18.4 Å². The largest absolute Gasteiger partial charge is 0.416 e. The van der Waals surface area contributed by atoms with Crippen molar-refractivity contribution in [2.24, 2.45) is 0 Å². The van der Waals surface area contributed by atoms with E-state index in [0.29, 0.717) is 0 Å². The fraction of sp³-hybridized carbons (Fsp3) is 0.467. The number of rotatable bonds is 4. The van der Waals surface area contributed by atoms with E-state index in [-0.39, 0.29) is 35.9 Å². The second-order valence-electron chi connectivity index (χ2n) is 5.19. The normalized spacial score (nSPS) is 21.3. The fourth-order valence-electron chi connectivity index (χ4n) is 2.70. The maximum Gasteiger partial charge on any atom is 0.416 e. The highest BCUT2D eigenvalue weighted by atomic mass is 32.2. The maximum absolute atomic E-state index is 13.2. The molecule has 1 heterocycles. The summed E-state index contributed by atoms with van der Waals surface area (Å²) in [6.45, 7) is 0.00278. The number of β-amino-alcohol motifs (C(OH)–C–C–N with tert-alkyl or cyclic N) is 1. The molecule has 4 nitrogen and oxygen atoms in total. The third-order valence-electron chi connectivity index (χ3n) is 3.62. The molecule has 0 aromatic heterocycles. The standard InChI is InChI=1S/C15H15F3N2O2S/c16-15(17,18)12-4-2-1-3-11(12)13-7-10(21)8-20(13)14(22)9-23-6-5-19/h1-4,10,13,21H,6-9H2/t10-,13+/m1/s1. The Hall–Kier alpha value is -1.72. The van der Waals surface area contributed by atoms with Crippen molar-refractivity contribution >= 4 is 17.7 Å². The first-order valence-corrected chi connectivity index (χ1v) is 8.08. The number of likely N-dealkylation sites (tertiary alicyclic amines) is 1. The van der Waals surface area contributed by atoms with Gasteiger partial charge in [0.15, 0.2) is 0 Å². The lowest BCUT2D eigenvalue weighted by Gasteiger charge is -2.27. The number of halogens is 3. The van der Waals surface area contributed by atoms with Crippen LogP contribution in [0, 0.1) is 11.3 Å². The van der Waals surface area contributed by atoms with Gasteiger partial charge in [-0.25, -0.2) is 0 Å². The van der Waals surface area contributed by atoms with Crippen LogP contribution in [0.3, 0.4) is 0 Å². The number of hydrogen-bond donors (Lipinski definition) is 1. The van der Waals surface area contributed by atoms with Crippen molar-refractivity contribution in [2.75, 3.05) is 18.1 Å². The van der Waals surface area contributed by atoms with Crippen LogP contribution < -0.4 is 0 Å². The molecule has 0 spiro atoms. The summed E-state index contributed by atoms with van der Waals surface area (Å²) in [5, 5.41) is 18.3. The predicted octanol–water partition coefficient (Wildman–Crippen LogP) is 2.60. The van der Waals surface area contributed by atoms with Gasteiger partial charge < -0.3 is 10.0 Å². The lowest BCUT2D eigenvalue weighted by Crippen LogP contribution is -2.34. The number of carbonyl (C=O) groups is 1. The Kier molecular flexibility index (Phi) is 5.55. The summed E-state index contributed by atoms with van der Waals surface area (Å²) in [5.41, 5.74) is -0.795. The molecular weight excluding hydrogens is 329 g/mol. The molecule has 0 bridgehead atoms. The number of amides is 1. The molecule has 8 heteroatoms. The molecule has 2 rings (SSSR count). The second-order valence-corrected chi connectivity index (χ2v) is 6.17. The molecule has 0 unspecified atom stereocenters. The first kappa shape index (κ1) is 17.6. The highest BCUT2D eigenvalue weighted by Crippen LogP contribution is 2.40. The number of aliphatic hydroxyl groups excluding tert-OH is 1. The average Bonchev–Trinajstić information content (AvgIpc) is 2.88. The van der Waals surface area contributed by atoms with E-state index in [2.05, 4.69) is 0 Å². The molecule has 0 saturated carbocycles. The number of thioether (sulfide) groups is 1. The van der Waals surface area contributed by atoms with Crippen molar-refractivity contribution in [3.05, 3.63) is 35.4 Å². The van der Waals surface area contributed by atoms with Crippen molar-refractivity contribution in [3.8, 4) is 6.07 Å². The van der Waals surface area contributed by atoms with Crippen LogP contribution in [0.25, 0.3) is 0 Å². The number of nitrogens with zero attached hydrogens (tertiary/aromatic N) is 2. The van der Waals surface area contributed by atoms with E-state index in [9.17, 15) is 23.1 Å². The Morgan fingerprint density at radius 1 is 1.43 bits per heavy atom. The van der Waals surface area contributed by atoms with Gasteiger partial charge in [-0.15, -0.1) is 11.8 Å². The summed E-state index contributed by atoms with van der Waals surface area (Å²) < 4.78 is 39.5. The van der Waals surface area contributed by atoms with Gasteiger partial charge in [0.1, 0.15) is 0 Å². The molecule has 1 amide bonds. The van der Waals surface area contributed by atoms with Gasteiger partial charge in [-0.05, 0) is 18.1 Å². The van der Waals surface area contributed by atoms with Crippen molar-refractivity contribution in [1.29, 1.82) is 5.26 Å². The van der Waals surface area contributed by atoms with E-state index >= 15 is 0 Å². The first-order chi connectivity index (χ1) is 10.8. The minimum absolute atomic E-state index is 0.00278. The molecule has 1 aromatic rings. The number of aliphatic hydroxyl groups is 1. The van der Waals surface area contributed by atoms with Gasteiger partial charge in [-0.1, -0.05) is 18.2 Å². The third-order valence-corrected chi connectivity index (χ3v) is 4.40. The number of carbonyl (C=O) groups excluding carboxylic acids is 1. The van der Waals surface area contributed by atoms with E-state index in [0.717, 1.165) is 17.8 Å². The monoisotopic (exact) mass is 344 g/mol. The van der Waals surface area contributed by atoms with Gasteiger partial charge >= 0.3 is 6.18 Å². The lowest BCUT2D eigenvalue weighted by molar-refractivity contribution is -0.140. The molecule has 2 atom stereocenters. The molecule has 1 fully saturated rings. The van der Waals surface area contributed by atoms with Crippen LogP contribution >= 0.6 is 11.8 Å². The molecule has 1 aliphatic heterocycles. The van der Waals surface area contributed by atoms with E-state index in [4.69, 9.17) is 5.26 Å². The Morgan fingerprint density at radius 2 is 2.13 bits per heavy atom. The summed E-state index contributed by atoms with van der Waals surface area (Å²) in [5.74, 6) is -0.236. The molecule has 1 N–H and O–H groups in total. The number of alkyl halides is 3. The molecule has 0 aliphatic carbocycles. The second kappa shape index (κ2) is 7.23. The summed E-state index contributed by atoms with van der Waals surface area (Å²) in [4.78, 5) is 13.5. The molecular formula is C15H15F3N2O2S. The Labute approximate surface area is 135 Å². The third kappa shape index (κ3) is 4.18. The van der Waals surface area contributed by atoms with Gasteiger partial charge in [-0.3, -0.25) is 4.79 Å². The lowest BCUT2D eigenvalue weighted by atomic mass is 9.97. The van der Waals surface area contributed by atoms with Gasteiger partial charge in [0, 0.05) is 6.54 Å². The summed E-state index contributed by atoms with van der Waals surface area (Å²) in [7, 11) is 0.